The minimum atomic E-state index is -0.346. The number of carbonyl (C=O) groups excluding carboxylic acids is 2. The van der Waals surface area contributed by atoms with Gasteiger partial charge < -0.3 is 20.7 Å². The third-order valence-electron chi connectivity index (χ3n) is 3.40. The highest BCUT2D eigenvalue weighted by molar-refractivity contribution is 5.97. The van der Waals surface area contributed by atoms with Crippen molar-refractivity contribution >= 4 is 11.9 Å². The molecule has 0 aromatic carbocycles. The smallest absolute Gasteiger partial charge is 0.307 e. The van der Waals surface area contributed by atoms with Crippen LogP contribution in [0.25, 0.3) is 0 Å². The van der Waals surface area contributed by atoms with E-state index in [0.717, 1.165) is 19.6 Å². The summed E-state index contributed by atoms with van der Waals surface area (Å²) in [5.74, 6) is -0.637. The first-order chi connectivity index (χ1) is 10.6. The summed E-state index contributed by atoms with van der Waals surface area (Å²) in [7, 11) is 1.31. The molecule has 0 bridgehead atoms. The molecule has 0 aromatic rings. The van der Waals surface area contributed by atoms with Crippen LogP contribution in [0, 0.1) is 11.3 Å². The van der Waals surface area contributed by atoms with Gasteiger partial charge in [-0.15, -0.1) is 0 Å². The lowest BCUT2D eigenvalue weighted by Crippen LogP contribution is -2.50. The molecule has 1 heterocycles. The van der Waals surface area contributed by atoms with E-state index in [-0.39, 0.29) is 23.9 Å². The molecule has 0 aromatic heterocycles. The summed E-state index contributed by atoms with van der Waals surface area (Å²) in [5, 5.41) is 11.9. The number of hydrogen-bond donors (Lipinski definition) is 2. The SMILES string of the molecule is COC(=O)CCN/C=C(/C#N)C(=O)N1CCN(CCN)CC1. The molecule has 0 spiro atoms. The summed E-state index contributed by atoms with van der Waals surface area (Å²) in [6.07, 6.45) is 1.54. The zero-order chi connectivity index (χ0) is 16.4. The number of nitrogens with zero attached hydrogens (tertiary/aromatic N) is 3. The van der Waals surface area contributed by atoms with Crippen molar-refractivity contribution in [2.45, 2.75) is 6.42 Å². The second-order valence-corrected chi connectivity index (χ2v) is 4.87. The zero-order valence-corrected chi connectivity index (χ0v) is 12.9. The van der Waals surface area contributed by atoms with E-state index in [9.17, 15) is 9.59 Å². The number of nitriles is 1. The molecule has 0 unspecified atom stereocenters. The summed E-state index contributed by atoms with van der Waals surface area (Å²) in [5.41, 5.74) is 5.55. The lowest BCUT2D eigenvalue weighted by molar-refractivity contribution is -0.140. The van der Waals surface area contributed by atoms with Crippen molar-refractivity contribution in [1.29, 1.82) is 5.26 Å². The maximum Gasteiger partial charge on any atom is 0.307 e. The number of amides is 1. The standard InChI is InChI=1S/C14H23N5O3/c1-22-13(20)2-4-17-11-12(10-16)14(21)19-8-6-18(5-3-15)7-9-19/h11,17H,2-9,15H2,1H3/b12-11-. The number of nitrogens with one attached hydrogen (secondary N) is 1. The highest BCUT2D eigenvalue weighted by atomic mass is 16.5. The zero-order valence-electron chi connectivity index (χ0n) is 12.9. The van der Waals surface area contributed by atoms with Crippen LogP contribution in [0.3, 0.4) is 0 Å². The Bertz CT molecular complexity index is 450. The Hall–Kier alpha value is -2.11. The lowest BCUT2D eigenvalue weighted by atomic mass is 10.2. The van der Waals surface area contributed by atoms with Crippen LogP contribution in [0.4, 0.5) is 0 Å². The largest absolute Gasteiger partial charge is 0.469 e. The molecule has 8 nitrogen and oxygen atoms in total. The molecule has 0 aliphatic carbocycles. The Balaban J connectivity index is 2.44. The van der Waals surface area contributed by atoms with Gasteiger partial charge in [0.2, 0.25) is 0 Å². The molecule has 1 aliphatic heterocycles. The number of carbonyl (C=O) groups is 2. The molecule has 122 valence electrons. The number of esters is 1. The molecule has 22 heavy (non-hydrogen) atoms. The first kappa shape index (κ1) is 17.9. The van der Waals surface area contributed by atoms with Crippen molar-refractivity contribution in [2.75, 3.05) is 52.9 Å². The Morgan fingerprint density at radius 3 is 2.59 bits per heavy atom. The third-order valence-corrected chi connectivity index (χ3v) is 3.40. The van der Waals surface area contributed by atoms with Crippen molar-refractivity contribution in [3.05, 3.63) is 11.8 Å². The number of piperazine rings is 1. The normalized spacial score (nSPS) is 16.0. The second-order valence-electron chi connectivity index (χ2n) is 4.87. The molecule has 1 aliphatic rings. The van der Waals surface area contributed by atoms with Gasteiger partial charge in [-0.25, -0.2) is 0 Å². The number of methoxy groups -OCH3 is 1. The van der Waals surface area contributed by atoms with Crippen molar-refractivity contribution in [3.8, 4) is 6.07 Å². The van der Waals surface area contributed by atoms with Crippen LogP contribution in [0.2, 0.25) is 0 Å². The van der Waals surface area contributed by atoms with E-state index in [1.165, 1.54) is 13.3 Å². The van der Waals surface area contributed by atoms with Crippen molar-refractivity contribution in [2.24, 2.45) is 5.73 Å². The van der Waals surface area contributed by atoms with Crippen LogP contribution in [-0.4, -0.2) is 74.6 Å². The number of hydrogen-bond acceptors (Lipinski definition) is 7. The summed E-state index contributed by atoms with van der Waals surface area (Å²) in [6.45, 7) is 4.42. The molecular formula is C14H23N5O3. The predicted octanol–water partition coefficient (Wildman–Crippen LogP) is -1.35. The van der Waals surface area contributed by atoms with Crippen LogP contribution in [0.5, 0.6) is 0 Å². The van der Waals surface area contributed by atoms with Crippen LogP contribution in [0.1, 0.15) is 6.42 Å². The van der Waals surface area contributed by atoms with Crippen LogP contribution in [0.15, 0.2) is 11.8 Å². The topological polar surface area (TPSA) is 112 Å². The first-order valence-electron chi connectivity index (χ1n) is 7.24. The maximum atomic E-state index is 12.2. The highest BCUT2D eigenvalue weighted by Gasteiger charge is 2.23. The average molecular weight is 309 g/mol. The monoisotopic (exact) mass is 309 g/mol. The molecule has 1 amide bonds. The first-order valence-corrected chi connectivity index (χ1v) is 7.24. The molecule has 1 fully saturated rings. The van der Waals surface area contributed by atoms with Gasteiger partial charge in [0.25, 0.3) is 5.91 Å². The quantitative estimate of drug-likeness (QED) is 0.259. The number of rotatable bonds is 7. The van der Waals surface area contributed by atoms with Gasteiger partial charge in [0.05, 0.1) is 13.5 Å². The van der Waals surface area contributed by atoms with E-state index >= 15 is 0 Å². The van der Waals surface area contributed by atoms with E-state index in [1.54, 1.807) is 4.90 Å². The molecule has 1 saturated heterocycles. The van der Waals surface area contributed by atoms with Gasteiger partial charge >= 0.3 is 5.97 Å². The van der Waals surface area contributed by atoms with E-state index in [0.29, 0.717) is 26.2 Å². The Kier molecular flexibility index (Phi) is 7.96. The fourth-order valence-corrected chi connectivity index (χ4v) is 2.12. The van der Waals surface area contributed by atoms with Gasteiger partial charge in [0, 0.05) is 52.0 Å². The number of nitrogens with two attached hydrogens (primary N) is 1. The summed E-state index contributed by atoms with van der Waals surface area (Å²) >= 11 is 0. The molecular weight excluding hydrogens is 286 g/mol. The summed E-state index contributed by atoms with van der Waals surface area (Å²) in [6, 6.07) is 1.90. The van der Waals surface area contributed by atoms with Crippen LogP contribution < -0.4 is 11.1 Å². The fourth-order valence-electron chi connectivity index (χ4n) is 2.12. The second kappa shape index (κ2) is 9.76. The summed E-state index contributed by atoms with van der Waals surface area (Å²) in [4.78, 5) is 27.0. The van der Waals surface area contributed by atoms with Gasteiger partial charge in [-0.1, -0.05) is 0 Å². The number of ether oxygens (including phenoxy) is 1. The predicted molar refractivity (Wildman–Crippen MR) is 80.4 cm³/mol. The Labute approximate surface area is 130 Å². The van der Waals surface area contributed by atoms with Crippen molar-refractivity contribution in [3.63, 3.8) is 0 Å². The highest BCUT2D eigenvalue weighted by Crippen LogP contribution is 2.06. The molecule has 0 atom stereocenters. The fraction of sp³-hybridized carbons (Fsp3) is 0.643. The van der Waals surface area contributed by atoms with E-state index in [4.69, 9.17) is 11.0 Å². The van der Waals surface area contributed by atoms with E-state index in [2.05, 4.69) is 15.0 Å². The van der Waals surface area contributed by atoms with Gasteiger partial charge in [-0.3, -0.25) is 14.5 Å². The van der Waals surface area contributed by atoms with Gasteiger partial charge in [0.1, 0.15) is 11.6 Å². The lowest BCUT2D eigenvalue weighted by Gasteiger charge is -2.34. The molecule has 8 heteroatoms. The molecule has 1 rings (SSSR count). The van der Waals surface area contributed by atoms with Crippen LogP contribution >= 0.6 is 0 Å². The average Bonchev–Trinajstić information content (AvgIpc) is 2.55. The van der Waals surface area contributed by atoms with Gasteiger partial charge in [-0.05, 0) is 0 Å². The molecule has 0 saturated carbocycles. The maximum absolute atomic E-state index is 12.2. The van der Waals surface area contributed by atoms with E-state index in [1.807, 2.05) is 6.07 Å². The van der Waals surface area contributed by atoms with Gasteiger partial charge in [-0.2, -0.15) is 5.26 Å². The van der Waals surface area contributed by atoms with Crippen LogP contribution in [-0.2, 0) is 14.3 Å². The molecule has 3 N–H and O–H groups in total. The Morgan fingerprint density at radius 2 is 2.05 bits per heavy atom. The van der Waals surface area contributed by atoms with E-state index < -0.39 is 0 Å². The molecule has 0 radical (unpaired) electrons. The minimum Gasteiger partial charge on any atom is -0.469 e. The van der Waals surface area contributed by atoms with Gasteiger partial charge in [0.15, 0.2) is 0 Å². The van der Waals surface area contributed by atoms with Crippen molar-refractivity contribution < 1.29 is 14.3 Å². The summed E-state index contributed by atoms with van der Waals surface area (Å²) < 4.78 is 4.50. The van der Waals surface area contributed by atoms with Crippen molar-refractivity contribution in [1.82, 2.24) is 15.1 Å². The minimum absolute atomic E-state index is 0.0390. The Morgan fingerprint density at radius 1 is 1.36 bits per heavy atom. The third kappa shape index (κ3) is 5.71.